The molecule has 3 heterocycles. The van der Waals surface area contributed by atoms with Gasteiger partial charge in [-0.1, -0.05) is 12.1 Å². The van der Waals surface area contributed by atoms with Crippen molar-refractivity contribution < 1.29 is 40.3 Å². The van der Waals surface area contributed by atoms with Crippen LogP contribution in [-0.2, 0) is 16.4 Å². The lowest BCUT2D eigenvalue weighted by molar-refractivity contribution is -0.274. The monoisotopic (exact) mass is 691 g/mol. The summed E-state index contributed by atoms with van der Waals surface area (Å²) < 4.78 is 80.9. The number of piperidine rings is 1. The van der Waals surface area contributed by atoms with E-state index in [2.05, 4.69) is 19.9 Å². The molecular weight excluding hydrogens is 654 g/mol. The van der Waals surface area contributed by atoms with Crippen LogP contribution in [-0.4, -0.2) is 98.1 Å². The third-order valence-electron chi connectivity index (χ3n) is 8.47. The predicted octanol–water partition coefficient (Wildman–Crippen LogP) is 4.47. The van der Waals surface area contributed by atoms with Gasteiger partial charge < -0.3 is 19.9 Å². The summed E-state index contributed by atoms with van der Waals surface area (Å²) in [7, 11) is -3.36. The van der Waals surface area contributed by atoms with Crippen LogP contribution in [0.3, 0.4) is 0 Å². The fourth-order valence-electron chi connectivity index (χ4n) is 5.68. The van der Waals surface area contributed by atoms with Crippen molar-refractivity contribution in [1.82, 2.24) is 20.1 Å². The second kappa shape index (κ2) is 14.5. The molecule has 0 bridgehead atoms. The number of halogens is 4. The molecule has 10 nitrogen and oxygen atoms in total. The van der Waals surface area contributed by atoms with Crippen molar-refractivity contribution in [1.29, 1.82) is 0 Å². The fraction of sp³-hybridized carbons (Fsp3) is 0.424. The van der Waals surface area contributed by atoms with Crippen LogP contribution in [0.1, 0.15) is 46.7 Å². The summed E-state index contributed by atoms with van der Waals surface area (Å²) in [4.78, 5) is 36.0. The van der Waals surface area contributed by atoms with Gasteiger partial charge in [0.05, 0.1) is 21.8 Å². The van der Waals surface area contributed by atoms with Crippen LogP contribution in [0.5, 0.6) is 5.75 Å². The summed E-state index contributed by atoms with van der Waals surface area (Å²) in [6.45, 7) is 6.09. The van der Waals surface area contributed by atoms with Crippen LogP contribution in [0.15, 0.2) is 71.8 Å². The number of nitrogens with zero attached hydrogens (tertiary/aromatic N) is 4. The average molecular weight is 692 g/mol. The minimum atomic E-state index is -4.78. The van der Waals surface area contributed by atoms with Crippen molar-refractivity contribution in [3.63, 3.8) is 0 Å². The highest BCUT2D eigenvalue weighted by Crippen LogP contribution is 2.25. The molecule has 2 aliphatic heterocycles. The molecule has 0 saturated carbocycles. The SMILES string of the molecule is CC(C)S(=O)(=O)c1ccc(N2CCN(C(=O)c3ccc(C(=O)NC4CCN(Cc5ccc(OC(F)(F)F)cc5)CC4F)cn3)CC2)cc1. The van der Waals surface area contributed by atoms with Gasteiger partial charge in [-0.05, 0) is 74.4 Å². The van der Waals surface area contributed by atoms with Gasteiger partial charge in [-0.2, -0.15) is 0 Å². The number of alkyl halides is 4. The highest BCUT2D eigenvalue weighted by Gasteiger charge is 2.32. The minimum absolute atomic E-state index is 0.0378. The Kier molecular flexibility index (Phi) is 10.6. The molecule has 3 aromatic rings. The number of carbonyl (C=O) groups is 2. The first-order valence-electron chi connectivity index (χ1n) is 15.6. The smallest absolute Gasteiger partial charge is 0.406 e. The van der Waals surface area contributed by atoms with E-state index in [0.29, 0.717) is 51.3 Å². The average Bonchev–Trinajstić information content (AvgIpc) is 3.06. The summed E-state index contributed by atoms with van der Waals surface area (Å²) in [5, 5.41) is 2.20. The molecule has 2 aromatic carbocycles. The number of anilines is 1. The lowest BCUT2D eigenvalue weighted by Crippen LogP contribution is -2.52. The van der Waals surface area contributed by atoms with Gasteiger partial charge in [-0.3, -0.25) is 19.5 Å². The number of hydrogen-bond acceptors (Lipinski definition) is 8. The van der Waals surface area contributed by atoms with E-state index in [1.807, 2.05) is 4.90 Å². The number of likely N-dealkylation sites (tertiary alicyclic amines) is 1. The number of piperazine rings is 1. The molecular formula is C33H37F4N5O5S. The molecule has 0 radical (unpaired) electrons. The number of sulfone groups is 1. The summed E-state index contributed by atoms with van der Waals surface area (Å²) in [6, 6.07) is 14.4. The Bertz CT molecular complexity index is 1680. The van der Waals surface area contributed by atoms with Gasteiger partial charge in [-0.15, -0.1) is 13.2 Å². The number of carbonyl (C=O) groups excluding carboxylic acids is 2. The molecule has 258 valence electrons. The fourth-order valence-corrected chi connectivity index (χ4v) is 6.74. The summed E-state index contributed by atoms with van der Waals surface area (Å²) >= 11 is 0. The Balaban J connectivity index is 1.08. The number of rotatable bonds is 9. The van der Waals surface area contributed by atoms with Gasteiger partial charge in [0.25, 0.3) is 11.8 Å². The lowest BCUT2D eigenvalue weighted by atomic mass is 10.0. The zero-order chi connectivity index (χ0) is 34.6. The second-order valence-corrected chi connectivity index (χ2v) is 14.6. The molecule has 2 unspecified atom stereocenters. The maximum atomic E-state index is 15.0. The van der Waals surface area contributed by atoms with Gasteiger partial charge in [0.15, 0.2) is 9.84 Å². The van der Waals surface area contributed by atoms with E-state index in [0.717, 1.165) is 5.69 Å². The largest absolute Gasteiger partial charge is 0.573 e. The van der Waals surface area contributed by atoms with Gasteiger partial charge in [0, 0.05) is 57.7 Å². The number of benzene rings is 2. The quantitative estimate of drug-likeness (QED) is 0.328. The van der Waals surface area contributed by atoms with Gasteiger partial charge in [-0.25, -0.2) is 12.8 Å². The maximum absolute atomic E-state index is 15.0. The molecule has 48 heavy (non-hydrogen) atoms. The molecule has 0 aliphatic carbocycles. The van der Waals surface area contributed by atoms with Gasteiger partial charge in [0.2, 0.25) is 0 Å². The van der Waals surface area contributed by atoms with E-state index in [1.165, 1.54) is 42.6 Å². The second-order valence-electron chi connectivity index (χ2n) is 12.1. The van der Waals surface area contributed by atoms with Crippen LogP contribution in [0.4, 0.5) is 23.2 Å². The Hall–Kier alpha value is -4.24. The molecule has 1 N–H and O–H groups in total. The molecule has 2 fully saturated rings. The third-order valence-corrected chi connectivity index (χ3v) is 10.6. The van der Waals surface area contributed by atoms with Crippen LogP contribution < -0.4 is 15.0 Å². The first-order chi connectivity index (χ1) is 22.7. The zero-order valence-corrected chi connectivity index (χ0v) is 27.3. The minimum Gasteiger partial charge on any atom is -0.406 e. The predicted molar refractivity (Wildman–Crippen MR) is 170 cm³/mol. The first-order valence-corrected chi connectivity index (χ1v) is 17.1. The maximum Gasteiger partial charge on any atom is 0.573 e. The summed E-state index contributed by atoms with van der Waals surface area (Å²) in [5.74, 6) is -1.12. The van der Waals surface area contributed by atoms with E-state index >= 15 is 4.39 Å². The van der Waals surface area contributed by atoms with Gasteiger partial charge in [0.1, 0.15) is 17.6 Å². The number of pyridine rings is 1. The third kappa shape index (κ3) is 8.61. The van der Waals surface area contributed by atoms with Crippen molar-refractivity contribution in [3.8, 4) is 5.75 Å². The number of aromatic nitrogens is 1. The number of amides is 2. The van der Waals surface area contributed by atoms with Gasteiger partial charge >= 0.3 is 6.36 Å². The lowest BCUT2D eigenvalue weighted by Gasteiger charge is -2.36. The Morgan fingerprint density at radius 1 is 0.958 bits per heavy atom. The first kappa shape index (κ1) is 35.1. The van der Waals surface area contributed by atoms with E-state index in [-0.39, 0.29) is 34.4 Å². The highest BCUT2D eigenvalue weighted by molar-refractivity contribution is 7.92. The van der Waals surface area contributed by atoms with Crippen molar-refractivity contribution in [2.24, 2.45) is 0 Å². The van der Waals surface area contributed by atoms with E-state index in [9.17, 15) is 31.2 Å². The van der Waals surface area contributed by atoms with E-state index in [1.54, 1.807) is 43.0 Å². The Morgan fingerprint density at radius 2 is 1.62 bits per heavy atom. The Labute approximate surface area is 276 Å². The molecule has 15 heteroatoms. The molecule has 2 atom stereocenters. The summed E-state index contributed by atoms with van der Waals surface area (Å²) in [6.07, 6.45) is -4.52. The van der Waals surface area contributed by atoms with Crippen molar-refractivity contribution in [3.05, 3.63) is 83.7 Å². The van der Waals surface area contributed by atoms with Crippen LogP contribution >= 0.6 is 0 Å². The number of ether oxygens (including phenoxy) is 1. The van der Waals surface area contributed by atoms with Crippen molar-refractivity contribution in [2.75, 3.05) is 44.2 Å². The number of hydrogen-bond donors (Lipinski definition) is 1. The van der Waals surface area contributed by atoms with Crippen LogP contribution in [0.2, 0.25) is 0 Å². The van der Waals surface area contributed by atoms with Crippen molar-refractivity contribution in [2.45, 2.75) is 55.5 Å². The molecule has 2 aliphatic rings. The molecule has 5 rings (SSSR count). The van der Waals surface area contributed by atoms with Crippen molar-refractivity contribution >= 4 is 27.3 Å². The molecule has 1 aromatic heterocycles. The molecule has 2 amide bonds. The van der Waals surface area contributed by atoms with Crippen LogP contribution in [0, 0.1) is 0 Å². The summed E-state index contributed by atoms with van der Waals surface area (Å²) in [5.41, 5.74) is 1.94. The molecule has 0 spiro atoms. The highest BCUT2D eigenvalue weighted by atomic mass is 32.2. The standard InChI is InChI=1S/C33H37F4N5O5S/c1-22(2)48(45,46)27-10-6-25(7-11-27)41-15-17-42(18-16-41)32(44)30-12-5-24(19-38-30)31(43)39-29-13-14-40(21-28(29)34)20-23-3-8-26(9-4-23)47-33(35,36)37/h3-12,19,22,28-29H,13-18,20-21H2,1-2H3,(H,39,43). The van der Waals surface area contributed by atoms with E-state index in [4.69, 9.17) is 0 Å². The van der Waals surface area contributed by atoms with Crippen LogP contribution in [0.25, 0.3) is 0 Å². The topological polar surface area (TPSA) is 112 Å². The Morgan fingerprint density at radius 3 is 2.19 bits per heavy atom. The zero-order valence-electron chi connectivity index (χ0n) is 26.5. The van der Waals surface area contributed by atoms with E-state index < -0.39 is 39.6 Å². The number of nitrogens with one attached hydrogen (secondary N) is 1. The normalized spacial score (nSPS) is 19.3. The molecule has 2 saturated heterocycles.